The second kappa shape index (κ2) is 5.48. The molecule has 0 atom stereocenters. The van der Waals surface area contributed by atoms with Gasteiger partial charge in [0.1, 0.15) is 10.5 Å². The van der Waals surface area contributed by atoms with E-state index < -0.39 is 0 Å². The number of anilines is 1. The van der Waals surface area contributed by atoms with Crippen molar-refractivity contribution < 1.29 is 0 Å². The SMILES string of the molecule is Nc1nc(SC2CCCC2)c2ncn(C3CCCC3)c2n1. The minimum atomic E-state index is 0.378. The average molecular weight is 303 g/mol. The van der Waals surface area contributed by atoms with Crippen LogP contribution in [0.25, 0.3) is 11.2 Å². The molecule has 4 rings (SSSR count). The van der Waals surface area contributed by atoms with Crippen LogP contribution in [0.1, 0.15) is 57.4 Å². The molecule has 0 unspecified atom stereocenters. The molecule has 0 spiro atoms. The Balaban J connectivity index is 1.73. The zero-order valence-electron chi connectivity index (χ0n) is 12.2. The van der Waals surface area contributed by atoms with Crippen molar-refractivity contribution in [2.45, 2.75) is 67.7 Å². The lowest BCUT2D eigenvalue weighted by Crippen LogP contribution is -2.06. The van der Waals surface area contributed by atoms with Gasteiger partial charge in [-0.1, -0.05) is 25.7 Å². The van der Waals surface area contributed by atoms with Gasteiger partial charge in [-0.3, -0.25) is 0 Å². The molecule has 2 aliphatic carbocycles. The van der Waals surface area contributed by atoms with Crippen molar-refractivity contribution in [3.8, 4) is 0 Å². The van der Waals surface area contributed by atoms with Crippen molar-refractivity contribution in [2.75, 3.05) is 5.73 Å². The molecule has 2 fully saturated rings. The second-order valence-electron chi connectivity index (χ2n) is 6.17. The molecular formula is C15H21N5S. The van der Waals surface area contributed by atoms with Gasteiger partial charge in [-0.15, -0.1) is 11.8 Å². The highest BCUT2D eigenvalue weighted by molar-refractivity contribution is 8.00. The summed E-state index contributed by atoms with van der Waals surface area (Å²) in [6.45, 7) is 0. The third-order valence-corrected chi connectivity index (χ3v) is 6.02. The van der Waals surface area contributed by atoms with Gasteiger partial charge in [0.15, 0.2) is 5.65 Å². The van der Waals surface area contributed by atoms with E-state index in [0.29, 0.717) is 17.2 Å². The van der Waals surface area contributed by atoms with Gasteiger partial charge in [-0.05, 0) is 25.7 Å². The van der Waals surface area contributed by atoms with Crippen LogP contribution >= 0.6 is 11.8 Å². The zero-order valence-corrected chi connectivity index (χ0v) is 13.0. The number of aromatic nitrogens is 4. The number of nitrogen functional groups attached to an aromatic ring is 1. The van der Waals surface area contributed by atoms with Crippen LogP contribution in [0, 0.1) is 0 Å². The van der Waals surface area contributed by atoms with E-state index in [9.17, 15) is 0 Å². The fourth-order valence-corrected chi connectivity index (χ4v) is 4.89. The van der Waals surface area contributed by atoms with Gasteiger partial charge in [0.25, 0.3) is 0 Å². The van der Waals surface area contributed by atoms with E-state index in [-0.39, 0.29) is 0 Å². The molecule has 5 nitrogen and oxygen atoms in total. The Morgan fingerprint density at radius 3 is 2.52 bits per heavy atom. The first-order chi connectivity index (χ1) is 10.3. The minimum absolute atomic E-state index is 0.378. The van der Waals surface area contributed by atoms with Crippen LogP contribution in [0.2, 0.25) is 0 Å². The van der Waals surface area contributed by atoms with Crippen LogP contribution in [-0.4, -0.2) is 24.8 Å². The number of rotatable bonds is 3. The monoisotopic (exact) mass is 303 g/mol. The Hall–Kier alpha value is -1.30. The molecule has 0 amide bonds. The van der Waals surface area contributed by atoms with Crippen LogP contribution < -0.4 is 5.73 Å². The van der Waals surface area contributed by atoms with E-state index >= 15 is 0 Å². The predicted octanol–water partition coefficient (Wildman–Crippen LogP) is 3.56. The first kappa shape index (κ1) is 13.4. The maximum absolute atomic E-state index is 5.95. The Morgan fingerprint density at radius 2 is 1.76 bits per heavy atom. The molecule has 2 heterocycles. The van der Waals surface area contributed by atoms with Gasteiger partial charge in [-0.25, -0.2) is 9.97 Å². The van der Waals surface area contributed by atoms with Gasteiger partial charge in [0.2, 0.25) is 5.95 Å². The quantitative estimate of drug-likeness (QED) is 0.878. The van der Waals surface area contributed by atoms with Crippen LogP contribution in [0.3, 0.4) is 0 Å². The van der Waals surface area contributed by atoms with Gasteiger partial charge >= 0.3 is 0 Å². The Kier molecular flexibility index (Phi) is 3.49. The number of nitrogens with two attached hydrogens (primary N) is 1. The van der Waals surface area contributed by atoms with Crippen LogP contribution in [0.4, 0.5) is 5.95 Å². The lowest BCUT2D eigenvalue weighted by atomic mass is 10.2. The lowest BCUT2D eigenvalue weighted by molar-refractivity contribution is 0.529. The van der Waals surface area contributed by atoms with Gasteiger partial charge < -0.3 is 10.3 Å². The highest BCUT2D eigenvalue weighted by Gasteiger charge is 2.23. The molecule has 0 radical (unpaired) electrons. The van der Waals surface area contributed by atoms with Crippen molar-refractivity contribution in [2.24, 2.45) is 0 Å². The third-order valence-electron chi connectivity index (χ3n) is 4.71. The van der Waals surface area contributed by atoms with E-state index in [4.69, 9.17) is 5.73 Å². The highest BCUT2D eigenvalue weighted by atomic mass is 32.2. The van der Waals surface area contributed by atoms with Gasteiger partial charge in [0.05, 0.1) is 6.33 Å². The molecular weight excluding hydrogens is 282 g/mol. The highest BCUT2D eigenvalue weighted by Crippen LogP contribution is 2.38. The van der Waals surface area contributed by atoms with E-state index in [1.54, 1.807) is 0 Å². The number of nitrogens with zero attached hydrogens (tertiary/aromatic N) is 4. The van der Waals surface area contributed by atoms with Crippen molar-refractivity contribution in [3.05, 3.63) is 6.33 Å². The largest absolute Gasteiger partial charge is 0.368 e. The van der Waals surface area contributed by atoms with Gasteiger partial charge in [-0.2, -0.15) is 4.98 Å². The van der Waals surface area contributed by atoms with Crippen molar-refractivity contribution in [3.63, 3.8) is 0 Å². The molecule has 2 N–H and O–H groups in total. The Morgan fingerprint density at radius 1 is 1.05 bits per heavy atom. The fourth-order valence-electron chi connectivity index (χ4n) is 3.60. The average Bonchev–Trinajstić information content (AvgIpc) is 3.18. The molecule has 0 aliphatic heterocycles. The number of thioether (sulfide) groups is 1. The molecule has 112 valence electrons. The van der Waals surface area contributed by atoms with E-state index in [2.05, 4.69) is 19.5 Å². The fraction of sp³-hybridized carbons (Fsp3) is 0.667. The number of hydrogen-bond acceptors (Lipinski definition) is 5. The molecule has 2 saturated carbocycles. The molecule has 2 aromatic rings. The van der Waals surface area contributed by atoms with Crippen LogP contribution in [-0.2, 0) is 0 Å². The number of fused-ring (bicyclic) bond motifs is 1. The summed E-state index contributed by atoms with van der Waals surface area (Å²) in [6, 6.07) is 0.536. The molecule has 0 aromatic carbocycles. The summed E-state index contributed by atoms with van der Waals surface area (Å²) in [5.41, 5.74) is 7.81. The first-order valence-corrected chi connectivity index (χ1v) is 8.86. The van der Waals surface area contributed by atoms with E-state index in [1.165, 1.54) is 51.4 Å². The third kappa shape index (κ3) is 2.50. The van der Waals surface area contributed by atoms with Crippen molar-refractivity contribution in [1.82, 2.24) is 19.5 Å². The maximum atomic E-state index is 5.95. The summed E-state index contributed by atoms with van der Waals surface area (Å²) in [7, 11) is 0. The van der Waals surface area contributed by atoms with Crippen LogP contribution in [0.15, 0.2) is 11.4 Å². The predicted molar refractivity (Wildman–Crippen MR) is 85.4 cm³/mol. The number of imidazole rings is 1. The normalized spacial score (nSPS) is 20.8. The summed E-state index contributed by atoms with van der Waals surface area (Å²) >= 11 is 1.84. The Bertz CT molecular complexity index is 641. The maximum Gasteiger partial charge on any atom is 0.223 e. The van der Waals surface area contributed by atoms with Crippen LogP contribution in [0.5, 0.6) is 0 Å². The van der Waals surface area contributed by atoms with Crippen molar-refractivity contribution in [1.29, 1.82) is 0 Å². The molecule has 6 heteroatoms. The smallest absolute Gasteiger partial charge is 0.223 e. The summed E-state index contributed by atoms with van der Waals surface area (Å²) in [4.78, 5) is 13.5. The molecule has 0 bridgehead atoms. The molecule has 2 aliphatic rings. The first-order valence-electron chi connectivity index (χ1n) is 7.98. The lowest BCUT2D eigenvalue weighted by Gasteiger charge is -2.12. The molecule has 0 saturated heterocycles. The standard InChI is InChI=1S/C15H21N5S/c16-15-18-13-12(14(19-15)21-11-7-3-4-8-11)17-9-20(13)10-5-1-2-6-10/h9-11H,1-8H2,(H2,16,18,19). The second-order valence-corrected chi connectivity index (χ2v) is 7.46. The number of hydrogen-bond donors (Lipinski definition) is 1. The molecule has 21 heavy (non-hydrogen) atoms. The summed E-state index contributed by atoms with van der Waals surface area (Å²) < 4.78 is 2.22. The summed E-state index contributed by atoms with van der Waals surface area (Å²) in [5, 5.41) is 1.64. The van der Waals surface area contributed by atoms with Gasteiger partial charge in [0, 0.05) is 11.3 Å². The topological polar surface area (TPSA) is 69.6 Å². The zero-order chi connectivity index (χ0) is 14.2. The Labute approximate surface area is 128 Å². The minimum Gasteiger partial charge on any atom is -0.368 e. The molecule has 2 aromatic heterocycles. The summed E-state index contributed by atoms with van der Waals surface area (Å²) in [6.07, 6.45) is 12.2. The van der Waals surface area contributed by atoms with E-state index in [0.717, 1.165) is 16.2 Å². The van der Waals surface area contributed by atoms with E-state index in [1.807, 2.05) is 18.1 Å². The van der Waals surface area contributed by atoms with Crippen molar-refractivity contribution >= 4 is 28.9 Å². The summed E-state index contributed by atoms with van der Waals surface area (Å²) in [5.74, 6) is 0.378.